The average molecular weight is 300 g/mol. The average Bonchev–Trinajstić information content (AvgIpc) is 2.46. The number of para-hydroxylation sites is 1. The number of pyridine rings is 1. The second kappa shape index (κ2) is 5.35. The fraction of sp³-hybridized carbons (Fsp3) is 0.353. The zero-order valence-corrected chi connectivity index (χ0v) is 13.9. The SMILES string of the molecule is CC(CN1c2ccccc2Sc2cccnc21)[N+](C)(C)C. The summed E-state index contributed by atoms with van der Waals surface area (Å²) in [5, 5.41) is 0. The Hall–Kier alpha value is -1.52. The highest BCUT2D eigenvalue weighted by Crippen LogP contribution is 2.46. The topological polar surface area (TPSA) is 16.1 Å². The first kappa shape index (κ1) is 14.4. The molecule has 0 saturated heterocycles. The van der Waals surface area contributed by atoms with E-state index in [1.807, 2.05) is 24.0 Å². The molecule has 2 heterocycles. The first-order valence-corrected chi connectivity index (χ1v) is 8.09. The summed E-state index contributed by atoms with van der Waals surface area (Å²) in [6, 6.07) is 13.3. The zero-order chi connectivity index (χ0) is 15.0. The molecule has 2 aromatic rings. The lowest BCUT2D eigenvalue weighted by Gasteiger charge is -2.38. The molecule has 1 aliphatic heterocycles. The Morgan fingerprint density at radius 2 is 1.81 bits per heavy atom. The molecule has 0 amide bonds. The van der Waals surface area contributed by atoms with Crippen LogP contribution >= 0.6 is 11.8 Å². The minimum atomic E-state index is 0.510. The van der Waals surface area contributed by atoms with Gasteiger partial charge in [-0.2, -0.15) is 0 Å². The van der Waals surface area contributed by atoms with E-state index >= 15 is 0 Å². The zero-order valence-electron chi connectivity index (χ0n) is 13.1. The maximum Gasteiger partial charge on any atom is 0.147 e. The number of rotatable bonds is 3. The Morgan fingerprint density at radius 1 is 1.10 bits per heavy atom. The summed E-state index contributed by atoms with van der Waals surface area (Å²) in [6.45, 7) is 3.26. The Labute approximate surface area is 131 Å². The second-order valence-corrected chi connectivity index (χ2v) is 7.55. The highest BCUT2D eigenvalue weighted by Gasteiger charge is 2.29. The number of likely N-dealkylation sites (N-methyl/N-ethyl adjacent to an activating group) is 1. The van der Waals surface area contributed by atoms with Gasteiger partial charge in [0.2, 0.25) is 0 Å². The van der Waals surface area contributed by atoms with Crippen LogP contribution in [0.4, 0.5) is 11.5 Å². The molecule has 1 atom stereocenters. The summed E-state index contributed by atoms with van der Waals surface area (Å²) in [5.74, 6) is 1.08. The van der Waals surface area contributed by atoms with Crippen LogP contribution in [0, 0.1) is 0 Å². The van der Waals surface area contributed by atoms with E-state index in [4.69, 9.17) is 0 Å². The molecule has 0 saturated carbocycles. The van der Waals surface area contributed by atoms with E-state index in [0.717, 1.165) is 16.8 Å². The molecule has 3 rings (SSSR count). The van der Waals surface area contributed by atoms with Crippen LogP contribution in [0.5, 0.6) is 0 Å². The minimum Gasteiger partial charge on any atom is -0.327 e. The quantitative estimate of drug-likeness (QED) is 0.803. The van der Waals surface area contributed by atoms with Crippen molar-refractivity contribution in [1.82, 2.24) is 4.98 Å². The maximum absolute atomic E-state index is 4.63. The van der Waals surface area contributed by atoms with Crippen LogP contribution in [0.25, 0.3) is 0 Å². The fourth-order valence-electron chi connectivity index (χ4n) is 2.36. The molecule has 0 bridgehead atoms. The molecule has 0 aliphatic carbocycles. The molecule has 0 spiro atoms. The molecular formula is C17H22N3S+. The van der Waals surface area contributed by atoms with Gasteiger partial charge < -0.3 is 9.38 Å². The van der Waals surface area contributed by atoms with Crippen LogP contribution < -0.4 is 4.90 Å². The fourth-order valence-corrected chi connectivity index (χ4v) is 3.42. The van der Waals surface area contributed by atoms with Crippen LogP contribution in [-0.4, -0.2) is 43.2 Å². The van der Waals surface area contributed by atoms with E-state index in [1.165, 1.54) is 15.5 Å². The molecule has 1 aromatic heterocycles. The van der Waals surface area contributed by atoms with Crippen LogP contribution in [0.2, 0.25) is 0 Å². The lowest BCUT2D eigenvalue weighted by molar-refractivity contribution is -0.892. The van der Waals surface area contributed by atoms with Crippen molar-refractivity contribution in [2.45, 2.75) is 22.8 Å². The Kier molecular flexibility index (Phi) is 3.68. The number of quaternary nitrogens is 1. The number of anilines is 2. The molecule has 1 unspecified atom stereocenters. The molecular weight excluding hydrogens is 278 g/mol. The van der Waals surface area contributed by atoms with Gasteiger partial charge in [0.05, 0.1) is 38.3 Å². The summed E-state index contributed by atoms with van der Waals surface area (Å²) in [7, 11) is 6.73. The molecule has 0 radical (unpaired) electrons. The molecule has 0 fully saturated rings. The maximum atomic E-state index is 4.63. The lowest BCUT2D eigenvalue weighted by Crippen LogP contribution is -2.49. The molecule has 3 nitrogen and oxygen atoms in total. The van der Waals surface area contributed by atoms with Gasteiger partial charge in [0.25, 0.3) is 0 Å². The van der Waals surface area contributed by atoms with Gasteiger partial charge in [-0.3, -0.25) is 0 Å². The van der Waals surface area contributed by atoms with Crippen LogP contribution in [0.15, 0.2) is 52.4 Å². The van der Waals surface area contributed by atoms with Gasteiger partial charge in [-0.25, -0.2) is 4.98 Å². The lowest BCUT2D eigenvalue weighted by atomic mass is 10.2. The van der Waals surface area contributed by atoms with E-state index in [1.54, 1.807) is 0 Å². The number of benzene rings is 1. The highest BCUT2D eigenvalue weighted by atomic mass is 32.2. The minimum absolute atomic E-state index is 0.510. The van der Waals surface area contributed by atoms with Crippen molar-refractivity contribution in [3.8, 4) is 0 Å². The second-order valence-electron chi connectivity index (χ2n) is 6.47. The molecule has 1 aromatic carbocycles. The Morgan fingerprint density at radius 3 is 2.57 bits per heavy atom. The van der Waals surface area contributed by atoms with Crippen molar-refractivity contribution >= 4 is 23.3 Å². The molecule has 4 heteroatoms. The third kappa shape index (κ3) is 2.78. The number of nitrogens with zero attached hydrogens (tertiary/aromatic N) is 3. The number of aromatic nitrogens is 1. The summed E-state index contributed by atoms with van der Waals surface area (Å²) >= 11 is 1.81. The number of hydrogen-bond donors (Lipinski definition) is 0. The van der Waals surface area contributed by atoms with Crippen molar-refractivity contribution in [3.63, 3.8) is 0 Å². The summed E-state index contributed by atoms with van der Waals surface area (Å²) < 4.78 is 0.938. The summed E-state index contributed by atoms with van der Waals surface area (Å²) in [5.41, 5.74) is 1.27. The first-order valence-electron chi connectivity index (χ1n) is 7.27. The van der Waals surface area contributed by atoms with Gasteiger partial charge >= 0.3 is 0 Å². The number of fused-ring (bicyclic) bond motifs is 2. The predicted molar refractivity (Wildman–Crippen MR) is 89.3 cm³/mol. The Bertz CT molecular complexity index is 603. The molecule has 1 aliphatic rings. The summed E-state index contributed by atoms with van der Waals surface area (Å²) in [4.78, 5) is 9.56. The predicted octanol–water partition coefficient (Wildman–Crippen LogP) is 3.78. The van der Waals surface area contributed by atoms with Gasteiger partial charge in [-0.1, -0.05) is 23.9 Å². The smallest absolute Gasteiger partial charge is 0.147 e. The summed E-state index contributed by atoms with van der Waals surface area (Å²) in [6.07, 6.45) is 1.89. The van der Waals surface area contributed by atoms with Crippen molar-refractivity contribution in [3.05, 3.63) is 42.6 Å². The van der Waals surface area contributed by atoms with Crippen molar-refractivity contribution < 1.29 is 4.48 Å². The van der Waals surface area contributed by atoms with E-state index in [9.17, 15) is 0 Å². The van der Waals surface area contributed by atoms with Gasteiger partial charge in [0.15, 0.2) is 0 Å². The van der Waals surface area contributed by atoms with Crippen molar-refractivity contribution in [2.75, 3.05) is 32.6 Å². The van der Waals surface area contributed by atoms with Crippen LogP contribution in [-0.2, 0) is 0 Å². The van der Waals surface area contributed by atoms with Gasteiger partial charge in [0, 0.05) is 11.1 Å². The third-order valence-electron chi connectivity index (χ3n) is 4.15. The van der Waals surface area contributed by atoms with E-state index in [2.05, 4.69) is 68.3 Å². The first-order chi connectivity index (χ1) is 9.97. The third-order valence-corrected chi connectivity index (χ3v) is 5.26. The largest absolute Gasteiger partial charge is 0.327 e. The highest BCUT2D eigenvalue weighted by molar-refractivity contribution is 7.99. The van der Waals surface area contributed by atoms with Crippen molar-refractivity contribution in [2.24, 2.45) is 0 Å². The molecule has 21 heavy (non-hydrogen) atoms. The van der Waals surface area contributed by atoms with Gasteiger partial charge in [0.1, 0.15) is 11.9 Å². The van der Waals surface area contributed by atoms with Crippen molar-refractivity contribution in [1.29, 1.82) is 0 Å². The molecule has 0 N–H and O–H groups in total. The normalized spacial score (nSPS) is 15.3. The number of hydrogen-bond acceptors (Lipinski definition) is 3. The molecule has 110 valence electrons. The standard InChI is InChI=1S/C17H22N3S/c1-13(20(2,3)4)12-19-14-8-5-6-9-15(14)21-16-10-7-11-18-17(16)19/h5-11,13H,12H2,1-4H3/q+1. The van der Waals surface area contributed by atoms with E-state index in [0.29, 0.717) is 6.04 Å². The van der Waals surface area contributed by atoms with Gasteiger partial charge in [-0.05, 0) is 31.2 Å². The Balaban J connectivity index is 2.03. The van der Waals surface area contributed by atoms with Crippen LogP contribution in [0.3, 0.4) is 0 Å². The van der Waals surface area contributed by atoms with E-state index in [-0.39, 0.29) is 0 Å². The van der Waals surface area contributed by atoms with Crippen LogP contribution in [0.1, 0.15) is 6.92 Å². The van der Waals surface area contributed by atoms with Gasteiger partial charge in [-0.15, -0.1) is 0 Å². The van der Waals surface area contributed by atoms with E-state index < -0.39 is 0 Å². The monoisotopic (exact) mass is 300 g/mol.